The van der Waals surface area contributed by atoms with Gasteiger partial charge < -0.3 is 16.0 Å². The molecule has 25 heavy (non-hydrogen) atoms. The highest BCUT2D eigenvalue weighted by Gasteiger charge is 2.24. The number of halogens is 1. The van der Waals surface area contributed by atoms with Crippen molar-refractivity contribution >= 4 is 29.3 Å². The molecule has 0 fully saturated rings. The van der Waals surface area contributed by atoms with Crippen LogP contribution in [0.3, 0.4) is 0 Å². The number of benzene rings is 1. The summed E-state index contributed by atoms with van der Waals surface area (Å²) in [5.74, 6) is -0.861. The third-order valence-electron chi connectivity index (χ3n) is 3.59. The second-order valence-electron chi connectivity index (χ2n) is 6.44. The normalized spacial score (nSPS) is 12.0. The molecule has 0 heterocycles. The minimum atomic E-state index is -0.663. The van der Waals surface area contributed by atoms with Crippen molar-refractivity contribution in [2.45, 2.75) is 33.7 Å². The van der Waals surface area contributed by atoms with Crippen molar-refractivity contribution in [2.24, 2.45) is 11.8 Å². The summed E-state index contributed by atoms with van der Waals surface area (Å²) in [5.41, 5.74) is 0.437. The van der Waals surface area contributed by atoms with Gasteiger partial charge in [-0.15, -0.1) is 0 Å². The molecule has 0 saturated heterocycles. The van der Waals surface area contributed by atoms with Crippen LogP contribution in [0, 0.1) is 11.8 Å². The molecule has 0 aliphatic rings. The first-order valence-electron chi connectivity index (χ1n) is 8.34. The van der Waals surface area contributed by atoms with E-state index < -0.39 is 6.04 Å². The van der Waals surface area contributed by atoms with E-state index in [2.05, 4.69) is 16.0 Å². The van der Waals surface area contributed by atoms with Gasteiger partial charge in [0, 0.05) is 29.6 Å². The molecule has 6 nitrogen and oxygen atoms in total. The van der Waals surface area contributed by atoms with Gasteiger partial charge >= 0.3 is 0 Å². The average Bonchev–Trinajstić information content (AvgIpc) is 2.56. The van der Waals surface area contributed by atoms with Crippen LogP contribution >= 0.6 is 11.6 Å². The Morgan fingerprint density at radius 1 is 0.920 bits per heavy atom. The lowest BCUT2D eigenvalue weighted by Crippen LogP contribution is -2.51. The van der Waals surface area contributed by atoms with E-state index in [1.54, 1.807) is 38.1 Å². The average molecular weight is 368 g/mol. The lowest BCUT2D eigenvalue weighted by Gasteiger charge is -2.22. The Hall–Kier alpha value is -2.08. The van der Waals surface area contributed by atoms with Crippen molar-refractivity contribution in [3.63, 3.8) is 0 Å². The Labute approximate surface area is 153 Å². The molecule has 0 aromatic heterocycles. The Morgan fingerprint density at radius 2 is 1.44 bits per heavy atom. The standard InChI is InChI=1S/C18H26ClN3O3/c1-11(2)15(18(25)21-10-9-20-16(23)12(3)4)22-17(24)13-5-7-14(19)8-6-13/h5-8,11-12,15H,9-10H2,1-4H3,(H,20,23)(H,21,25)(H,22,24). The van der Waals surface area contributed by atoms with Crippen LogP contribution in [-0.4, -0.2) is 36.9 Å². The fourth-order valence-electron chi connectivity index (χ4n) is 2.05. The van der Waals surface area contributed by atoms with Crippen molar-refractivity contribution < 1.29 is 14.4 Å². The van der Waals surface area contributed by atoms with Gasteiger partial charge in [-0.05, 0) is 30.2 Å². The van der Waals surface area contributed by atoms with Gasteiger partial charge in [0.05, 0.1) is 0 Å². The first-order chi connectivity index (χ1) is 11.7. The molecule has 0 aliphatic heterocycles. The monoisotopic (exact) mass is 367 g/mol. The Balaban J connectivity index is 2.55. The van der Waals surface area contributed by atoms with Crippen LogP contribution < -0.4 is 16.0 Å². The summed E-state index contributed by atoms with van der Waals surface area (Å²) in [7, 11) is 0. The maximum Gasteiger partial charge on any atom is 0.251 e. The zero-order valence-electron chi connectivity index (χ0n) is 15.1. The fourth-order valence-corrected chi connectivity index (χ4v) is 2.17. The summed E-state index contributed by atoms with van der Waals surface area (Å²) in [6.07, 6.45) is 0. The number of nitrogens with one attached hydrogen (secondary N) is 3. The third-order valence-corrected chi connectivity index (χ3v) is 3.84. The van der Waals surface area contributed by atoms with Gasteiger partial charge in [0.2, 0.25) is 11.8 Å². The van der Waals surface area contributed by atoms with Crippen LogP contribution in [0.25, 0.3) is 0 Å². The summed E-state index contributed by atoms with van der Waals surface area (Å²) in [4.78, 5) is 36.1. The van der Waals surface area contributed by atoms with Crippen molar-refractivity contribution in [3.8, 4) is 0 Å². The molecule has 0 bridgehead atoms. The second kappa shape index (κ2) is 10.0. The largest absolute Gasteiger partial charge is 0.354 e. The first-order valence-corrected chi connectivity index (χ1v) is 8.72. The van der Waals surface area contributed by atoms with Crippen molar-refractivity contribution in [1.82, 2.24) is 16.0 Å². The van der Waals surface area contributed by atoms with Crippen LogP contribution in [0.5, 0.6) is 0 Å². The van der Waals surface area contributed by atoms with Crippen molar-refractivity contribution in [3.05, 3.63) is 34.9 Å². The molecule has 0 spiro atoms. The number of carbonyl (C=O) groups excluding carboxylic acids is 3. The molecule has 0 aliphatic carbocycles. The predicted octanol–water partition coefficient (Wildman–Crippen LogP) is 1.98. The van der Waals surface area contributed by atoms with E-state index in [1.807, 2.05) is 13.8 Å². The molecule has 7 heteroatoms. The highest BCUT2D eigenvalue weighted by Crippen LogP contribution is 2.10. The number of carbonyl (C=O) groups is 3. The van der Waals surface area contributed by atoms with Gasteiger partial charge in [-0.3, -0.25) is 14.4 Å². The molecular formula is C18H26ClN3O3. The molecule has 1 aromatic rings. The number of hydrogen-bond donors (Lipinski definition) is 3. The molecule has 0 saturated carbocycles. The molecule has 1 aromatic carbocycles. The fraction of sp³-hybridized carbons (Fsp3) is 0.500. The van der Waals surface area contributed by atoms with Crippen LogP contribution in [0.1, 0.15) is 38.1 Å². The lowest BCUT2D eigenvalue weighted by molar-refractivity contribution is -0.125. The molecule has 1 unspecified atom stereocenters. The molecule has 3 amide bonds. The Bertz CT molecular complexity index is 600. The van der Waals surface area contributed by atoms with E-state index >= 15 is 0 Å². The zero-order valence-corrected chi connectivity index (χ0v) is 15.8. The molecular weight excluding hydrogens is 342 g/mol. The van der Waals surface area contributed by atoms with E-state index in [1.165, 1.54) is 0 Å². The summed E-state index contributed by atoms with van der Waals surface area (Å²) in [5, 5.41) is 8.74. The highest BCUT2D eigenvalue weighted by molar-refractivity contribution is 6.30. The molecule has 1 atom stereocenters. The van der Waals surface area contributed by atoms with E-state index in [-0.39, 0.29) is 29.6 Å². The minimum Gasteiger partial charge on any atom is -0.354 e. The minimum absolute atomic E-state index is 0.0642. The number of hydrogen-bond acceptors (Lipinski definition) is 3. The molecule has 0 radical (unpaired) electrons. The molecule has 3 N–H and O–H groups in total. The summed E-state index contributed by atoms with van der Waals surface area (Å²) < 4.78 is 0. The smallest absolute Gasteiger partial charge is 0.251 e. The number of amides is 3. The quantitative estimate of drug-likeness (QED) is 0.614. The molecule has 138 valence electrons. The van der Waals surface area contributed by atoms with E-state index in [0.717, 1.165) is 0 Å². The van der Waals surface area contributed by atoms with Gasteiger partial charge in [-0.25, -0.2) is 0 Å². The zero-order chi connectivity index (χ0) is 19.0. The van der Waals surface area contributed by atoms with Crippen LogP contribution in [0.2, 0.25) is 5.02 Å². The van der Waals surface area contributed by atoms with Gasteiger partial charge in [0.1, 0.15) is 6.04 Å². The second-order valence-corrected chi connectivity index (χ2v) is 6.88. The SMILES string of the molecule is CC(C)C(=O)NCCNC(=O)C(NC(=O)c1ccc(Cl)cc1)C(C)C. The van der Waals surface area contributed by atoms with Gasteiger partial charge in [0.25, 0.3) is 5.91 Å². The third kappa shape index (κ3) is 7.13. The van der Waals surface area contributed by atoms with Gasteiger partial charge in [0.15, 0.2) is 0 Å². The summed E-state index contributed by atoms with van der Waals surface area (Å²) in [6.45, 7) is 7.96. The molecule has 1 rings (SSSR count). The summed E-state index contributed by atoms with van der Waals surface area (Å²) in [6, 6.07) is 5.79. The van der Waals surface area contributed by atoms with Crippen molar-refractivity contribution in [2.75, 3.05) is 13.1 Å². The maximum atomic E-state index is 12.3. The summed E-state index contributed by atoms with van der Waals surface area (Å²) >= 11 is 5.81. The van der Waals surface area contributed by atoms with Gasteiger partial charge in [-0.1, -0.05) is 39.3 Å². The van der Waals surface area contributed by atoms with Crippen LogP contribution in [0.4, 0.5) is 0 Å². The Morgan fingerprint density at radius 3 is 1.92 bits per heavy atom. The van der Waals surface area contributed by atoms with Crippen LogP contribution in [0.15, 0.2) is 24.3 Å². The van der Waals surface area contributed by atoms with E-state index in [4.69, 9.17) is 11.6 Å². The number of rotatable bonds is 8. The van der Waals surface area contributed by atoms with E-state index in [9.17, 15) is 14.4 Å². The van der Waals surface area contributed by atoms with E-state index in [0.29, 0.717) is 23.7 Å². The lowest BCUT2D eigenvalue weighted by atomic mass is 10.0. The van der Waals surface area contributed by atoms with Gasteiger partial charge in [-0.2, -0.15) is 0 Å². The highest BCUT2D eigenvalue weighted by atomic mass is 35.5. The maximum absolute atomic E-state index is 12.3. The van der Waals surface area contributed by atoms with Crippen molar-refractivity contribution in [1.29, 1.82) is 0 Å². The topological polar surface area (TPSA) is 87.3 Å². The predicted molar refractivity (Wildman–Crippen MR) is 98.4 cm³/mol. The van der Waals surface area contributed by atoms with Crippen LogP contribution in [-0.2, 0) is 9.59 Å². The Kier molecular flexibility index (Phi) is 8.41. The first kappa shape index (κ1) is 21.0.